The van der Waals surface area contributed by atoms with Crippen LogP contribution >= 0.6 is 0 Å². The molecule has 0 radical (unpaired) electrons. The van der Waals surface area contributed by atoms with E-state index in [0.29, 0.717) is 24.3 Å². The summed E-state index contributed by atoms with van der Waals surface area (Å²) in [5, 5.41) is 11.7. The number of benzene rings is 2. The van der Waals surface area contributed by atoms with Gasteiger partial charge in [-0.25, -0.2) is 13.9 Å². The molecule has 9 nitrogen and oxygen atoms in total. The van der Waals surface area contributed by atoms with E-state index < -0.39 is 22.0 Å². The van der Waals surface area contributed by atoms with Crippen LogP contribution in [0.2, 0.25) is 0 Å². The van der Waals surface area contributed by atoms with Crippen molar-refractivity contribution in [2.24, 2.45) is 0 Å². The Balaban J connectivity index is 1.72. The van der Waals surface area contributed by atoms with E-state index in [2.05, 4.69) is 5.32 Å². The van der Waals surface area contributed by atoms with Gasteiger partial charge in [0.05, 0.1) is 4.90 Å². The van der Waals surface area contributed by atoms with Gasteiger partial charge >= 0.3 is 0 Å². The normalized spacial score (nSPS) is 16.6. The largest absolute Gasteiger partial charge is 0.326 e. The van der Waals surface area contributed by atoms with Gasteiger partial charge in [-0.15, -0.1) is 0 Å². The number of hydroxylamine groups is 1. The second kappa shape index (κ2) is 9.35. The Bertz CT molecular complexity index is 988. The zero-order chi connectivity index (χ0) is 21.7. The first kappa shape index (κ1) is 21.9. The van der Waals surface area contributed by atoms with Gasteiger partial charge in [0.25, 0.3) is 5.91 Å². The van der Waals surface area contributed by atoms with Crippen molar-refractivity contribution in [1.82, 2.24) is 14.7 Å². The van der Waals surface area contributed by atoms with Crippen molar-refractivity contribution >= 4 is 27.5 Å². The monoisotopic (exact) mass is 432 g/mol. The van der Waals surface area contributed by atoms with E-state index in [9.17, 15) is 18.0 Å². The van der Waals surface area contributed by atoms with Crippen molar-refractivity contribution in [2.75, 3.05) is 31.5 Å². The third kappa shape index (κ3) is 4.85. The Hall–Kier alpha value is -2.79. The summed E-state index contributed by atoms with van der Waals surface area (Å²) in [7, 11) is -3.70. The van der Waals surface area contributed by atoms with Crippen LogP contribution in [0.15, 0.2) is 59.5 Å². The second-order valence-electron chi connectivity index (χ2n) is 6.93. The SMILES string of the molecule is CC(=O)Nc1ccc(S(=O)(=O)N2CCN(C(C(=O)NO)c3ccccc3)CC2)cc1. The van der Waals surface area contributed by atoms with Gasteiger partial charge in [0.15, 0.2) is 0 Å². The molecule has 2 amide bonds. The molecular weight excluding hydrogens is 408 g/mol. The third-order valence-corrected chi connectivity index (χ3v) is 6.84. The standard InChI is InChI=1S/C20H24N4O5S/c1-15(25)21-17-7-9-18(10-8-17)30(28,29)24-13-11-23(12-14-24)19(20(26)22-27)16-5-3-2-4-6-16/h2-10,19,27H,11-14H2,1H3,(H,21,25)(H,22,26). The van der Waals surface area contributed by atoms with Crippen molar-refractivity contribution < 1.29 is 23.2 Å². The van der Waals surface area contributed by atoms with Crippen molar-refractivity contribution in [1.29, 1.82) is 0 Å². The summed E-state index contributed by atoms with van der Waals surface area (Å²) < 4.78 is 27.3. The number of carbonyl (C=O) groups excluding carboxylic acids is 2. The predicted octanol–water partition coefficient (Wildman–Crippen LogP) is 1.20. The number of amides is 2. The Kier molecular flexibility index (Phi) is 6.83. The van der Waals surface area contributed by atoms with Crippen LogP contribution < -0.4 is 10.8 Å². The summed E-state index contributed by atoms with van der Waals surface area (Å²) >= 11 is 0. The molecule has 1 aliphatic rings. The van der Waals surface area contributed by atoms with Crippen molar-refractivity contribution in [2.45, 2.75) is 17.9 Å². The summed E-state index contributed by atoms with van der Waals surface area (Å²) in [5.74, 6) is -0.798. The fourth-order valence-electron chi connectivity index (χ4n) is 3.49. The number of nitrogens with one attached hydrogen (secondary N) is 2. The molecule has 1 saturated heterocycles. The zero-order valence-corrected chi connectivity index (χ0v) is 17.3. The molecule has 3 rings (SSSR count). The molecule has 10 heteroatoms. The number of carbonyl (C=O) groups is 2. The maximum Gasteiger partial charge on any atom is 0.265 e. The Morgan fingerprint density at radius 1 is 0.967 bits per heavy atom. The van der Waals surface area contributed by atoms with Gasteiger partial charge in [-0.05, 0) is 29.8 Å². The van der Waals surface area contributed by atoms with Crippen LogP contribution in [0.4, 0.5) is 5.69 Å². The van der Waals surface area contributed by atoms with Gasteiger partial charge in [0.2, 0.25) is 15.9 Å². The van der Waals surface area contributed by atoms with Crippen molar-refractivity contribution in [3.8, 4) is 0 Å². The lowest BCUT2D eigenvalue weighted by molar-refractivity contribution is -0.135. The van der Waals surface area contributed by atoms with Gasteiger partial charge in [-0.1, -0.05) is 30.3 Å². The molecule has 160 valence electrons. The summed E-state index contributed by atoms with van der Waals surface area (Å²) in [6, 6.07) is 14.3. The van der Waals surface area contributed by atoms with Crippen molar-refractivity contribution in [3.63, 3.8) is 0 Å². The average molecular weight is 433 g/mol. The molecule has 2 aromatic rings. The Morgan fingerprint density at radius 3 is 2.10 bits per heavy atom. The summed E-state index contributed by atoms with van der Waals surface area (Å²) in [6.07, 6.45) is 0. The first-order valence-corrected chi connectivity index (χ1v) is 10.9. The highest BCUT2D eigenvalue weighted by Crippen LogP contribution is 2.25. The number of piperazine rings is 1. The van der Waals surface area contributed by atoms with E-state index >= 15 is 0 Å². The fourth-order valence-corrected chi connectivity index (χ4v) is 4.91. The number of sulfonamides is 1. The highest BCUT2D eigenvalue weighted by Gasteiger charge is 2.34. The minimum atomic E-state index is -3.70. The predicted molar refractivity (Wildman–Crippen MR) is 110 cm³/mol. The van der Waals surface area contributed by atoms with E-state index in [4.69, 9.17) is 5.21 Å². The van der Waals surface area contributed by atoms with E-state index in [1.54, 1.807) is 41.9 Å². The molecule has 0 aromatic heterocycles. The van der Waals surface area contributed by atoms with Crippen LogP contribution in [0.25, 0.3) is 0 Å². The van der Waals surface area contributed by atoms with Crippen molar-refractivity contribution in [3.05, 3.63) is 60.2 Å². The van der Waals surface area contributed by atoms with Crippen LogP contribution in [-0.4, -0.2) is 60.8 Å². The molecule has 1 unspecified atom stereocenters. The molecule has 0 saturated carbocycles. The van der Waals surface area contributed by atoms with E-state index in [1.165, 1.54) is 23.4 Å². The molecule has 3 N–H and O–H groups in total. The molecule has 1 heterocycles. The smallest absolute Gasteiger partial charge is 0.265 e. The van der Waals surface area contributed by atoms with Crippen LogP contribution in [0.1, 0.15) is 18.5 Å². The molecule has 1 fully saturated rings. The lowest BCUT2D eigenvalue weighted by Crippen LogP contribution is -2.52. The lowest BCUT2D eigenvalue weighted by atomic mass is 10.0. The summed E-state index contributed by atoms with van der Waals surface area (Å²) in [4.78, 5) is 25.3. The number of hydrogen-bond acceptors (Lipinski definition) is 6. The van der Waals surface area contributed by atoms with Gasteiger partial charge in [-0.3, -0.25) is 19.7 Å². The molecule has 0 spiro atoms. The van der Waals surface area contributed by atoms with Crippen LogP contribution in [-0.2, 0) is 19.6 Å². The Labute approximate surface area is 175 Å². The average Bonchev–Trinajstić information content (AvgIpc) is 2.75. The maximum absolute atomic E-state index is 13.0. The molecule has 30 heavy (non-hydrogen) atoms. The summed E-state index contributed by atoms with van der Waals surface area (Å²) in [5.41, 5.74) is 2.94. The van der Waals surface area contributed by atoms with Crippen LogP contribution in [0.3, 0.4) is 0 Å². The van der Waals surface area contributed by atoms with E-state index in [0.717, 1.165) is 0 Å². The highest BCUT2D eigenvalue weighted by molar-refractivity contribution is 7.89. The minimum absolute atomic E-state index is 0.137. The van der Waals surface area contributed by atoms with Gasteiger partial charge < -0.3 is 5.32 Å². The molecule has 1 aliphatic heterocycles. The lowest BCUT2D eigenvalue weighted by Gasteiger charge is -2.37. The maximum atomic E-state index is 13.0. The minimum Gasteiger partial charge on any atom is -0.326 e. The van der Waals surface area contributed by atoms with Crippen LogP contribution in [0, 0.1) is 0 Å². The molecule has 1 atom stereocenters. The topological polar surface area (TPSA) is 119 Å². The highest BCUT2D eigenvalue weighted by atomic mass is 32.2. The molecule has 0 aliphatic carbocycles. The first-order valence-electron chi connectivity index (χ1n) is 9.43. The second-order valence-corrected chi connectivity index (χ2v) is 8.87. The number of nitrogens with zero attached hydrogens (tertiary/aromatic N) is 2. The van der Waals surface area contributed by atoms with Gasteiger partial charge in [-0.2, -0.15) is 4.31 Å². The van der Waals surface area contributed by atoms with Gasteiger partial charge in [0, 0.05) is 38.8 Å². The molecule has 2 aromatic carbocycles. The van der Waals surface area contributed by atoms with E-state index in [-0.39, 0.29) is 23.9 Å². The fraction of sp³-hybridized carbons (Fsp3) is 0.300. The number of rotatable bonds is 6. The van der Waals surface area contributed by atoms with Gasteiger partial charge in [0.1, 0.15) is 6.04 Å². The zero-order valence-electron chi connectivity index (χ0n) is 16.5. The third-order valence-electron chi connectivity index (χ3n) is 4.92. The quantitative estimate of drug-likeness (QED) is 0.466. The summed E-state index contributed by atoms with van der Waals surface area (Å²) in [6.45, 7) is 2.45. The van der Waals surface area contributed by atoms with Crippen LogP contribution in [0.5, 0.6) is 0 Å². The van der Waals surface area contributed by atoms with E-state index in [1.807, 2.05) is 11.0 Å². The number of anilines is 1. The Morgan fingerprint density at radius 2 is 1.57 bits per heavy atom. The molecule has 0 bridgehead atoms. The first-order chi connectivity index (χ1) is 14.3. The number of hydrogen-bond donors (Lipinski definition) is 3. The molecular formula is C20H24N4O5S.